The van der Waals surface area contributed by atoms with Gasteiger partial charge in [0.15, 0.2) is 17.2 Å². The highest BCUT2D eigenvalue weighted by Crippen LogP contribution is 2.36. The van der Waals surface area contributed by atoms with Gasteiger partial charge in [-0.3, -0.25) is 0 Å². The molecule has 0 atom stereocenters. The van der Waals surface area contributed by atoms with Gasteiger partial charge < -0.3 is 19.9 Å². The smallest absolute Gasteiger partial charge is 0.163 e. The predicted octanol–water partition coefficient (Wildman–Crippen LogP) is 6.69. The van der Waals surface area contributed by atoms with Crippen molar-refractivity contribution in [2.24, 2.45) is 0 Å². The molecule has 2 N–H and O–H groups in total. The van der Waals surface area contributed by atoms with Crippen LogP contribution >= 0.6 is 34.8 Å². The minimum atomic E-state index is -0.343. The van der Waals surface area contributed by atoms with Crippen molar-refractivity contribution < 1.29 is 19.0 Å². The van der Waals surface area contributed by atoms with Crippen LogP contribution < -0.4 is 14.8 Å². The standard InChI is InChI=1S/C21H17Cl3FNO3/c1-28-19-6-13(10-26-14-7-16(23)21(27)17(24)8-14)15(22)9-20(19)29-11-12-4-2-3-5-18(12)25/h2-9,26-27H,10-11H2,1H3. The van der Waals surface area contributed by atoms with Crippen LogP contribution in [0, 0.1) is 5.82 Å². The van der Waals surface area contributed by atoms with E-state index in [4.69, 9.17) is 44.3 Å². The van der Waals surface area contributed by atoms with E-state index in [9.17, 15) is 9.50 Å². The van der Waals surface area contributed by atoms with E-state index in [0.717, 1.165) is 5.56 Å². The fraction of sp³-hybridized carbons (Fsp3) is 0.143. The van der Waals surface area contributed by atoms with Gasteiger partial charge in [0, 0.05) is 28.9 Å². The number of phenols is 1. The number of benzene rings is 3. The fourth-order valence-corrected chi connectivity index (χ4v) is 3.33. The van der Waals surface area contributed by atoms with Crippen LogP contribution in [-0.4, -0.2) is 12.2 Å². The molecule has 0 saturated carbocycles. The van der Waals surface area contributed by atoms with Gasteiger partial charge in [0.1, 0.15) is 12.4 Å². The van der Waals surface area contributed by atoms with Crippen LogP contribution in [-0.2, 0) is 13.2 Å². The van der Waals surface area contributed by atoms with E-state index in [1.54, 1.807) is 42.5 Å². The molecular weight excluding hydrogens is 440 g/mol. The number of aromatic hydroxyl groups is 1. The van der Waals surface area contributed by atoms with Crippen molar-refractivity contribution >= 4 is 40.5 Å². The Bertz CT molecular complexity index is 1010. The topological polar surface area (TPSA) is 50.7 Å². The second kappa shape index (κ2) is 9.44. The summed E-state index contributed by atoms with van der Waals surface area (Å²) in [5.74, 6) is 0.351. The SMILES string of the molecule is COc1cc(CNc2cc(Cl)c(O)c(Cl)c2)c(Cl)cc1OCc1ccccc1F. The summed E-state index contributed by atoms with van der Waals surface area (Å²) in [5.41, 5.74) is 1.78. The molecule has 0 aromatic heterocycles. The molecule has 3 rings (SSSR count). The van der Waals surface area contributed by atoms with Gasteiger partial charge in [-0.25, -0.2) is 4.39 Å². The first-order valence-corrected chi connectivity index (χ1v) is 9.67. The van der Waals surface area contributed by atoms with Crippen LogP contribution in [0.15, 0.2) is 48.5 Å². The van der Waals surface area contributed by atoms with Crippen molar-refractivity contribution in [2.75, 3.05) is 12.4 Å². The first kappa shape index (κ1) is 21.4. The van der Waals surface area contributed by atoms with Crippen molar-refractivity contribution in [1.29, 1.82) is 0 Å². The Morgan fingerprint density at radius 1 is 0.931 bits per heavy atom. The molecule has 152 valence electrons. The van der Waals surface area contributed by atoms with Crippen molar-refractivity contribution in [2.45, 2.75) is 13.2 Å². The summed E-state index contributed by atoms with van der Waals surface area (Å²) in [6.45, 7) is 0.391. The second-order valence-electron chi connectivity index (χ2n) is 6.12. The molecule has 8 heteroatoms. The molecule has 0 spiro atoms. The van der Waals surface area contributed by atoms with Crippen molar-refractivity contribution in [3.8, 4) is 17.2 Å². The highest BCUT2D eigenvalue weighted by atomic mass is 35.5. The molecule has 0 fully saturated rings. The van der Waals surface area contributed by atoms with Gasteiger partial charge in [0.2, 0.25) is 0 Å². The second-order valence-corrected chi connectivity index (χ2v) is 7.34. The third-order valence-electron chi connectivity index (χ3n) is 4.17. The summed E-state index contributed by atoms with van der Waals surface area (Å²) in [4.78, 5) is 0. The third kappa shape index (κ3) is 5.18. The Labute approximate surface area is 182 Å². The maximum Gasteiger partial charge on any atom is 0.163 e. The normalized spacial score (nSPS) is 10.7. The average Bonchev–Trinajstić information content (AvgIpc) is 2.70. The number of halogens is 4. The van der Waals surface area contributed by atoms with E-state index in [-0.39, 0.29) is 28.2 Å². The average molecular weight is 457 g/mol. The maximum absolute atomic E-state index is 13.8. The molecule has 29 heavy (non-hydrogen) atoms. The molecule has 0 heterocycles. The number of hydrogen-bond acceptors (Lipinski definition) is 4. The van der Waals surface area contributed by atoms with E-state index in [0.29, 0.717) is 34.3 Å². The molecule has 0 aliphatic rings. The van der Waals surface area contributed by atoms with Gasteiger partial charge in [0.25, 0.3) is 0 Å². The molecule has 0 unspecified atom stereocenters. The molecule has 0 aliphatic heterocycles. The molecule has 3 aromatic rings. The van der Waals surface area contributed by atoms with Crippen molar-refractivity contribution in [3.63, 3.8) is 0 Å². The van der Waals surface area contributed by atoms with Crippen LogP contribution in [0.2, 0.25) is 15.1 Å². The molecular formula is C21H17Cl3FNO3. The lowest BCUT2D eigenvalue weighted by Gasteiger charge is -2.15. The fourth-order valence-electron chi connectivity index (χ4n) is 2.62. The Kier molecular flexibility index (Phi) is 6.96. The molecule has 0 bridgehead atoms. The lowest BCUT2D eigenvalue weighted by molar-refractivity contribution is 0.279. The lowest BCUT2D eigenvalue weighted by Crippen LogP contribution is -2.03. The molecule has 0 saturated heterocycles. The predicted molar refractivity (Wildman–Crippen MR) is 114 cm³/mol. The van der Waals surface area contributed by atoms with E-state index >= 15 is 0 Å². The van der Waals surface area contributed by atoms with Crippen molar-refractivity contribution in [3.05, 3.63) is 80.5 Å². The van der Waals surface area contributed by atoms with E-state index < -0.39 is 0 Å². The number of anilines is 1. The van der Waals surface area contributed by atoms with Crippen LogP contribution in [0.25, 0.3) is 0 Å². The van der Waals surface area contributed by atoms with E-state index in [1.165, 1.54) is 13.2 Å². The van der Waals surface area contributed by atoms with Crippen molar-refractivity contribution in [1.82, 2.24) is 0 Å². The maximum atomic E-state index is 13.8. The van der Waals surface area contributed by atoms with E-state index in [1.807, 2.05) is 0 Å². The van der Waals surface area contributed by atoms with Crippen LogP contribution in [0.3, 0.4) is 0 Å². The Hall–Kier alpha value is -2.34. The number of ether oxygens (including phenoxy) is 2. The highest BCUT2D eigenvalue weighted by molar-refractivity contribution is 6.37. The third-order valence-corrected chi connectivity index (χ3v) is 5.10. The summed E-state index contributed by atoms with van der Waals surface area (Å²) in [6.07, 6.45) is 0. The Morgan fingerprint density at radius 3 is 2.28 bits per heavy atom. The number of hydrogen-bond donors (Lipinski definition) is 2. The number of phenolic OH excluding ortho intramolecular Hbond substituents is 1. The number of methoxy groups -OCH3 is 1. The summed E-state index contributed by atoms with van der Waals surface area (Å²) in [6, 6.07) is 12.8. The largest absolute Gasteiger partial charge is 0.505 e. The van der Waals surface area contributed by atoms with Gasteiger partial charge in [-0.1, -0.05) is 53.0 Å². The molecule has 0 amide bonds. The van der Waals surface area contributed by atoms with Crippen LogP contribution in [0.1, 0.15) is 11.1 Å². The van der Waals surface area contributed by atoms with Crippen LogP contribution in [0.5, 0.6) is 17.2 Å². The number of rotatable bonds is 7. The van der Waals surface area contributed by atoms with E-state index in [2.05, 4.69) is 5.32 Å². The minimum absolute atomic E-state index is 0.0431. The summed E-state index contributed by atoms with van der Waals surface area (Å²) in [5, 5.41) is 13.5. The zero-order chi connectivity index (χ0) is 21.0. The monoisotopic (exact) mass is 455 g/mol. The van der Waals surface area contributed by atoms with Gasteiger partial charge in [-0.05, 0) is 29.8 Å². The van der Waals surface area contributed by atoms with Gasteiger partial charge >= 0.3 is 0 Å². The summed E-state index contributed by atoms with van der Waals surface area (Å²) < 4.78 is 24.9. The number of nitrogens with one attached hydrogen (secondary N) is 1. The lowest BCUT2D eigenvalue weighted by atomic mass is 10.2. The zero-order valence-corrected chi connectivity index (χ0v) is 17.6. The molecule has 0 radical (unpaired) electrons. The molecule has 3 aromatic carbocycles. The summed E-state index contributed by atoms with van der Waals surface area (Å²) >= 11 is 18.3. The Balaban J connectivity index is 1.75. The summed E-state index contributed by atoms with van der Waals surface area (Å²) in [7, 11) is 1.51. The highest BCUT2D eigenvalue weighted by Gasteiger charge is 2.13. The first-order chi connectivity index (χ1) is 13.9. The molecule has 4 nitrogen and oxygen atoms in total. The Morgan fingerprint density at radius 2 is 1.62 bits per heavy atom. The van der Waals surface area contributed by atoms with Crippen LogP contribution in [0.4, 0.5) is 10.1 Å². The first-order valence-electron chi connectivity index (χ1n) is 8.53. The molecule has 0 aliphatic carbocycles. The van der Waals surface area contributed by atoms with Gasteiger partial charge in [0.05, 0.1) is 17.2 Å². The zero-order valence-electron chi connectivity index (χ0n) is 15.3. The van der Waals surface area contributed by atoms with Gasteiger partial charge in [-0.15, -0.1) is 0 Å². The quantitative estimate of drug-likeness (QED) is 0.389. The minimum Gasteiger partial charge on any atom is -0.505 e. The van der Waals surface area contributed by atoms with Gasteiger partial charge in [-0.2, -0.15) is 0 Å².